The molecular formula is C15H17ClFNO4S. The SMILES string of the molecule is O=C(O)C1N(S(=O)(=O)Cc2cc(Cl)ccc2F)CC12CCCC2. The van der Waals surface area contributed by atoms with E-state index in [4.69, 9.17) is 11.6 Å². The maximum Gasteiger partial charge on any atom is 0.322 e. The standard InChI is InChI=1S/C15H17ClFNO4S/c16-11-3-4-12(17)10(7-11)8-23(21,22)18-9-15(5-1-2-6-15)13(18)14(19)20/h3-4,7,13H,1-2,5-6,8-9H2,(H,19,20). The molecule has 1 spiro atoms. The van der Waals surface area contributed by atoms with E-state index in [0.717, 1.165) is 36.1 Å². The summed E-state index contributed by atoms with van der Waals surface area (Å²) >= 11 is 5.78. The summed E-state index contributed by atoms with van der Waals surface area (Å²) in [5, 5.41) is 9.69. The molecule has 1 atom stereocenters. The summed E-state index contributed by atoms with van der Waals surface area (Å²) in [7, 11) is -3.92. The van der Waals surface area contributed by atoms with Crippen LogP contribution in [0.15, 0.2) is 18.2 Å². The summed E-state index contributed by atoms with van der Waals surface area (Å²) in [6.45, 7) is 0.203. The Hall–Kier alpha value is -1.18. The van der Waals surface area contributed by atoms with Crippen LogP contribution < -0.4 is 0 Å². The van der Waals surface area contributed by atoms with Crippen LogP contribution in [-0.4, -0.2) is 36.4 Å². The smallest absolute Gasteiger partial charge is 0.322 e. The highest BCUT2D eigenvalue weighted by molar-refractivity contribution is 7.88. The summed E-state index contributed by atoms with van der Waals surface area (Å²) in [6, 6.07) is 2.66. The van der Waals surface area contributed by atoms with Gasteiger partial charge < -0.3 is 5.11 Å². The number of hydrogen-bond donors (Lipinski definition) is 1. The molecule has 0 aromatic heterocycles. The van der Waals surface area contributed by atoms with Gasteiger partial charge in [-0.2, -0.15) is 4.31 Å². The van der Waals surface area contributed by atoms with Gasteiger partial charge in [0.1, 0.15) is 11.9 Å². The summed E-state index contributed by atoms with van der Waals surface area (Å²) in [5.41, 5.74) is -0.500. The second kappa shape index (κ2) is 5.72. The molecule has 2 aliphatic rings. The number of carboxylic acids is 1. The molecule has 126 valence electrons. The molecule has 0 radical (unpaired) electrons. The maximum atomic E-state index is 13.8. The van der Waals surface area contributed by atoms with Crippen LogP contribution in [0.25, 0.3) is 0 Å². The molecule has 1 aromatic carbocycles. The van der Waals surface area contributed by atoms with Gasteiger partial charge in [-0.1, -0.05) is 24.4 Å². The third kappa shape index (κ3) is 2.86. The second-order valence-electron chi connectivity index (χ2n) is 6.35. The third-order valence-electron chi connectivity index (χ3n) is 4.87. The van der Waals surface area contributed by atoms with Gasteiger partial charge >= 0.3 is 5.97 Å². The Morgan fingerprint density at radius 1 is 1.39 bits per heavy atom. The third-order valence-corrected chi connectivity index (χ3v) is 6.84. The molecule has 8 heteroatoms. The lowest BCUT2D eigenvalue weighted by molar-refractivity contribution is -0.155. The van der Waals surface area contributed by atoms with E-state index >= 15 is 0 Å². The topological polar surface area (TPSA) is 74.7 Å². The minimum absolute atomic E-state index is 0.0472. The van der Waals surface area contributed by atoms with Crippen molar-refractivity contribution in [3.05, 3.63) is 34.6 Å². The molecule has 1 aromatic rings. The first-order valence-corrected chi connectivity index (χ1v) is 9.40. The molecule has 1 saturated carbocycles. The van der Waals surface area contributed by atoms with Gasteiger partial charge in [-0.05, 0) is 31.0 Å². The largest absolute Gasteiger partial charge is 0.480 e. The van der Waals surface area contributed by atoms with E-state index in [0.29, 0.717) is 0 Å². The molecule has 0 amide bonds. The molecule has 1 saturated heterocycles. The van der Waals surface area contributed by atoms with Crippen LogP contribution >= 0.6 is 11.6 Å². The van der Waals surface area contributed by atoms with Gasteiger partial charge in [0.15, 0.2) is 0 Å². The van der Waals surface area contributed by atoms with E-state index in [9.17, 15) is 22.7 Å². The fraction of sp³-hybridized carbons (Fsp3) is 0.533. The van der Waals surface area contributed by atoms with Crippen LogP contribution in [0.5, 0.6) is 0 Å². The van der Waals surface area contributed by atoms with Gasteiger partial charge in [-0.25, -0.2) is 12.8 Å². The zero-order valence-electron chi connectivity index (χ0n) is 12.3. The average Bonchev–Trinajstić information content (AvgIpc) is 2.91. The van der Waals surface area contributed by atoms with Crippen molar-refractivity contribution in [2.75, 3.05) is 6.54 Å². The molecule has 1 heterocycles. The fourth-order valence-corrected chi connectivity index (χ4v) is 5.83. The molecule has 1 aliphatic carbocycles. The molecule has 3 rings (SSSR count). The predicted octanol–water partition coefficient (Wildman–Crippen LogP) is 2.64. The number of sulfonamides is 1. The number of halogens is 2. The van der Waals surface area contributed by atoms with Crippen LogP contribution in [0, 0.1) is 11.2 Å². The molecule has 2 fully saturated rings. The van der Waals surface area contributed by atoms with Crippen molar-refractivity contribution in [3.63, 3.8) is 0 Å². The molecule has 0 bridgehead atoms. The van der Waals surface area contributed by atoms with Gasteiger partial charge in [-0.15, -0.1) is 0 Å². The number of aliphatic carboxylic acids is 1. The van der Waals surface area contributed by atoms with E-state index in [1.54, 1.807) is 0 Å². The lowest BCUT2D eigenvalue weighted by atomic mass is 9.72. The molecule has 23 heavy (non-hydrogen) atoms. The maximum absolute atomic E-state index is 13.8. The van der Waals surface area contributed by atoms with Crippen LogP contribution in [0.4, 0.5) is 4.39 Å². The summed E-state index contributed by atoms with van der Waals surface area (Å²) < 4.78 is 39.9. The van der Waals surface area contributed by atoms with Gasteiger partial charge in [-0.3, -0.25) is 4.79 Å². The molecule has 5 nitrogen and oxygen atoms in total. The lowest BCUT2D eigenvalue weighted by Gasteiger charge is -2.52. The zero-order valence-corrected chi connectivity index (χ0v) is 13.9. The van der Waals surface area contributed by atoms with Crippen LogP contribution in [0.1, 0.15) is 31.2 Å². The average molecular weight is 362 g/mol. The zero-order chi connectivity index (χ0) is 16.8. The molecular weight excluding hydrogens is 345 g/mol. The monoisotopic (exact) mass is 361 g/mol. The Balaban J connectivity index is 1.85. The van der Waals surface area contributed by atoms with E-state index in [1.807, 2.05) is 0 Å². The number of hydrogen-bond acceptors (Lipinski definition) is 3. The fourth-order valence-electron chi connectivity index (χ4n) is 3.77. The minimum atomic E-state index is -3.92. The van der Waals surface area contributed by atoms with E-state index in [1.165, 1.54) is 12.1 Å². The highest BCUT2D eigenvalue weighted by Crippen LogP contribution is 2.52. The summed E-state index contributed by atoms with van der Waals surface area (Å²) in [4.78, 5) is 11.6. The van der Waals surface area contributed by atoms with Crippen molar-refractivity contribution in [2.24, 2.45) is 5.41 Å². The van der Waals surface area contributed by atoms with E-state index < -0.39 is 39.0 Å². The van der Waals surface area contributed by atoms with Crippen molar-refractivity contribution in [1.82, 2.24) is 4.31 Å². The summed E-state index contributed by atoms with van der Waals surface area (Å²) in [6.07, 6.45) is 3.28. The normalized spacial score (nSPS) is 23.8. The number of nitrogens with zero attached hydrogens (tertiary/aromatic N) is 1. The van der Waals surface area contributed by atoms with Gasteiger partial charge in [0, 0.05) is 22.5 Å². The molecule has 1 aliphatic heterocycles. The quantitative estimate of drug-likeness (QED) is 0.894. The first-order chi connectivity index (χ1) is 10.8. The minimum Gasteiger partial charge on any atom is -0.480 e. The van der Waals surface area contributed by atoms with Crippen molar-refractivity contribution >= 4 is 27.6 Å². The van der Waals surface area contributed by atoms with Crippen molar-refractivity contribution < 1.29 is 22.7 Å². The van der Waals surface area contributed by atoms with Crippen molar-refractivity contribution in [3.8, 4) is 0 Å². The number of carbonyl (C=O) groups is 1. The second-order valence-corrected chi connectivity index (χ2v) is 8.71. The van der Waals surface area contributed by atoms with Gasteiger partial charge in [0.2, 0.25) is 10.0 Å². The van der Waals surface area contributed by atoms with Crippen molar-refractivity contribution in [2.45, 2.75) is 37.5 Å². The summed E-state index contributed by atoms with van der Waals surface area (Å²) in [5.74, 6) is -2.38. The Labute approximate surface area is 139 Å². The van der Waals surface area contributed by atoms with Crippen LogP contribution in [-0.2, 0) is 20.6 Å². The van der Waals surface area contributed by atoms with E-state index in [-0.39, 0.29) is 17.1 Å². The Kier molecular flexibility index (Phi) is 4.14. The number of benzene rings is 1. The Morgan fingerprint density at radius 3 is 2.65 bits per heavy atom. The molecule has 1 unspecified atom stereocenters. The number of rotatable bonds is 4. The van der Waals surface area contributed by atoms with Crippen molar-refractivity contribution in [1.29, 1.82) is 0 Å². The molecule has 1 N–H and O–H groups in total. The van der Waals surface area contributed by atoms with Gasteiger partial charge in [0.25, 0.3) is 0 Å². The number of carboxylic acid groups (broad SMARTS) is 1. The predicted molar refractivity (Wildman–Crippen MR) is 83.1 cm³/mol. The first-order valence-electron chi connectivity index (χ1n) is 7.41. The Morgan fingerprint density at radius 2 is 2.04 bits per heavy atom. The first kappa shape index (κ1) is 16.7. The van der Waals surface area contributed by atoms with Crippen LogP contribution in [0.3, 0.4) is 0 Å². The highest BCUT2D eigenvalue weighted by atomic mass is 35.5. The highest BCUT2D eigenvalue weighted by Gasteiger charge is 2.61. The lowest BCUT2D eigenvalue weighted by Crippen LogP contribution is -2.68. The van der Waals surface area contributed by atoms with Gasteiger partial charge in [0.05, 0.1) is 5.75 Å². The van der Waals surface area contributed by atoms with Crippen LogP contribution in [0.2, 0.25) is 5.02 Å². The van der Waals surface area contributed by atoms with E-state index in [2.05, 4.69) is 0 Å². The Bertz CT molecular complexity index is 746.